The third-order valence-electron chi connectivity index (χ3n) is 2.73. The first-order chi connectivity index (χ1) is 9.20. The number of aromatic nitrogens is 2. The molecule has 0 aliphatic rings. The number of hydrogen-bond donors (Lipinski definition) is 0. The predicted molar refractivity (Wildman–Crippen MR) is 82.1 cm³/mol. The van der Waals surface area contributed by atoms with Gasteiger partial charge in [-0.05, 0) is 34.1 Å². The second kappa shape index (κ2) is 5.07. The van der Waals surface area contributed by atoms with Crippen LogP contribution >= 0.6 is 38.9 Å². The minimum atomic E-state index is 0.651. The van der Waals surface area contributed by atoms with E-state index in [1.54, 1.807) is 30.8 Å². The molecule has 3 rings (SSSR count). The summed E-state index contributed by atoms with van der Waals surface area (Å²) in [5.41, 5.74) is 2.61. The van der Waals surface area contributed by atoms with Gasteiger partial charge < -0.3 is 4.74 Å². The van der Waals surface area contributed by atoms with Crippen molar-refractivity contribution in [1.29, 1.82) is 0 Å². The van der Waals surface area contributed by atoms with E-state index in [1.165, 1.54) is 0 Å². The van der Waals surface area contributed by atoms with Gasteiger partial charge in [-0.2, -0.15) is 0 Å². The Balaban J connectivity index is 2.33. The van der Waals surface area contributed by atoms with Gasteiger partial charge in [0.15, 0.2) is 0 Å². The van der Waals surface area contributed by atoms with Gasteiger partial charge in [0.1, 0.15) is 12.1 Å². The van der Waals surface area contributed by atoms with E-state index < -0.39 is 0 Å². The fourth-order valence-electron chi connectivity index (χ4n) is 1.88. The van der Waals surface area contributed by atoms with Crippen LogP contribution < -0.4 is 4.74 Å². The molecular formula is C13H8BrClN2OS. The van der Waals surface area contributed by atoms with Gasteiger partial charge in [-0.15, -0.1) is 11.3 Å². The first-order valence-corrected chi connectivity index (χ1v) is 7.47. The molecule has 6 heteroatoms. The summed E-state index contributed by atoms with van der Waals surface area (Å²) in [6, 6.07) is 5.50. The Morgan fingerprint density at radius 2 is 2.16 bits per heavy atom. The van der Waals surface area contributed by atoms with Crippen molar-refractivity contribution in [2.45, 2.75) is 0 Å². The second-order valence-corrected chi connectivity index (χ2v) is 6.00. The highest BCUT2D eigenvalue weighted by Crippen LogP contribution is 2.39. The van der Waals surface area contributed by atoms with Crippen molar-refractivity contribution in [3.05, 3.63) is 39.4 Å². The van der Waals surface area contributed by atoms with Gasteiger partial charge in [-0.25, -0.2) is 9.97 Å². The number of rotatable bonds is 2. The lowest BCUT2D eigenvalue weighted by Gasteiger charge is -2.08. The summed E-state index contributed by atoms with van der Waals surface area (Å²) in [7, 11) is 1.63. The highest BCUT2D eigenvalue weighted by atomic mass is 79.9. The standard InChI is InChI=1S/C13H8BrClN2OS/c1-18-10-3-2-7(15)4-8(10)11-13-12(17-6-16-11)9(14)5-19-13/h2-6H,1H3. The third kappa shape index (κ3) is 2.22. The van der Waals surface area contributed by atoms with Crippen molar-refractivity contribution in [1.82, 2.24) is 9.97 Å². The molecule has 0 fully saturated rings. The average molecular weight is 356 g/mol. The van der Waals surface area contributed by atoms with E-state index in [2.05, 4.69) is 25.9 Å². The summed E-state index contributed by atoms with van der Waals surface area (Å²) in [4.78, 5) is 8.66. The van der Waals surface area contributed by atoms with Crippen molar-refractivity contribution in [3.8, 4) is 17.0 Å². The first-order valence-electron chi connectivity index (χ1n) is 5.42. The van der Waals surface area contributed by atoms with Crippen LogP contribution in [0.3, 0.4) is 0 Å². The van der Waals surface area contributed by atoms with Crippen LogP contribution in [0.4, 0.5) is 0 Å². The maximum atomic E-state index is 6.08. The molecule has 0 saturated carbocycles. The average Bonchev–Trinajstić information content (AvgIpc) is 2.81. The van der Waals surface area contributed by atoms with Gasteiger partial charge in [-0.3, -0.25) is 0 Å². The quantitative estimate of drug-likeness (QED) is 0.663. The van der Waals surface area contributed by atoms with Crippen LogP contribution in [0.1, 0.15) is 0 Å². The number of methoxy groups -OCH3 is 1. The molecule has 3 aromatic rings. The summed E-state index contributed by atoms with van der Waals surface area (Å²) >= 11 is 11.2. The maximum Gasteiger partial charge on any atom is 0.128 e. The summed E-state index contributed by atoms with van der Waals surface area (Å²) in [5, 5.41) is 2.65. The minimum Gasteiger partial charge on any atom is -0.496 e. The zero-order chi connectivity index (χ0) is 13.4. The topological polar surface area (TPSA) is 35.0 Å². The number of thiophene rings is 1. The summed E-state index contributed by atoms with van der Waals surface area (Å²) in [5.74, 6) is 0.744. The molecule has 0 aliphatic heterocycles. The highest BCUT2D eigenvalue weighted by Gasteiger charge is 2.14. The third-order valence-corrected chi connectivity index (χ3v) is 4.85. The van der Waals surface area contributed by atoms with Crippen LogP contribution in [0.25, 0.3) is 21.5 Å². The first kappa shape index (κ1) is 12.8. The molecule has 0 aliphatic carbocycles. The van der Waals surface area contributed by atoms with Gasteiger partial charge in [0.2, 0.25) is 0 Å². The van der Waals surface area contributed by atoms with Crippen molar-refractivity contribution in [3.63, 3.8) is 0 Å². The predicted octanol–water partition coefficient (Wildman–Crippen LogP) is 4.78. The molecular weight excluding hydrogens is 348 g/mol. The summed E-state index contributed by atoms with van der Waals surface area (Å²) in [6.45, 7) is 0. The number of nitrogens with zero attached hydrogens (tertiary/aromatic N) is 2. The van der Waals surface area contributed by atoms with Gasteiger partial charge in [0.05, 0.1) is 27.5 Å². The Kier molecular flexibility index (Phi) is 3.43. The molecule has 0 spiro atoms. The van der Waals surface area contributed by atoms with Gasteiger partial charge in [0.25, 0.3) is 0 Å². The zero-order valence-corrected chi connectivity index (χ0v) is 13.0. The molecule has 19 heavy (non-hydrogen) atoms. The SMILES string of the molecule is COc1ccc(Cl)cc1-c1ncnc2c(Br)csc12. The molecule has 3 nitrogen and oxygen atoms in total. The number of halogens is 2. The Morgan fingerprint density at radius 3 is 2.95 bits per heavy atom. The maximum absolute atomic E-state index is 6.08. The Morgan fingerprint density at radius 1 is 1.32 bits per heavy atom. The van der Waals surface area contributed by atoms with Crippen LogP contribution in [0.5, 0.6) is 5.75 Å². The molecule has 0 saturated heterocycles. The molecule has 2 heterocycles. The van der Waals surface area contributed by atoms with Crippen LogP contribution in [0.2, 0.25) is 5.02 Å². The fourth-order valence-corrected chi connectivity index (χ4v) is 3.64. The van der Waals surface area contributed by atoms with Crippen molar-refractivity contribution >= 4 is 49.1 Å². The summed E-state index contributed by atoms with van der Waals surface area (Å²) in [6.07, 6.45) is 1.55. The van der Waals surface area contributed by atoms with Gasteiger partial charge in [-0.1, -0.05) is 11.6 Å². The molecule has 0 amide bonds. The van der Waals surface area contributed by atoms with E-state index in [9.17, 15) is 0 Å². The Labute approximate surface area is 127 Å². The molecule has 0 atom stereocenters. The van der Waals surface area contributed by atoms with E-state index in [-0.39, 0.29) is 0 Å². The van der Waals surface area contributed by atoms with Crippen molar-refractivity contribution in [2.75, 3.05) is 7.11 Å². The number of hydrogen-bond acceptors (Lipinski definition) is 4. The molecule has 96 valence electrons. The fraction of sp³-hybridized carbons (Fsp3) is 0.0769. The minimum absolute atomic E-state index is 0.651. The number of benzene rings is 1. The van der Waals surface area contributed by atoms with E-state index in [0.717, 1.165) is 31.7 Å². The van der Waals surface area contributed by atoms with Crippen molar-refractivity contribution < 1.29 is 4.74 Å². The Bertz CT molecular complexity index is 759. The van der Waals surface area contributed by atoms with E-state index >= 15 is 0 Å². The second-order valence-electron chi connectivity index (χ2n) is 3.83. The van der Waals surface area contributed by atoms with Crippen molar-refractivity contribution in [2.24, 2.45) is 0 Å². The van der Waals surface area contributed by atoms with Crippen LogP contribution in [0.15, 0.2) is 34.4 Å². The van der Waals surface area contributed by atoms with Crippen LogP contribution in [-0.2, 0) is 0 Å². The monoisotopic (exact) mass is 354 g/mol. The summed E-state index contributed by atoms with van der Waals surface area (Å²) < 4.78 is 7.36. The smallest absolute Gasteiger partial charge is 0.128 e. The molecule has 0 radical (unpaired) electrons. The largest absolute Gasteiger partial charge is 0.496 e. The van der Waals surface area contributed by atoms with E-state index in [0.29, 0.717) is 5.02 Å². The normalized spacial score (nSPS) is 10.9. The number of fused-ring (bicyclic) bond motifs is 1. The lowest BCUT2D eigenvalue weighted by Crippen LogP contribution is -1.91. The highest BCUT2D eigenvalue weighted by molar-refractivity contribution is 9.10. The molecule has 2 aromatic heterocycles. The lowest BCUT2D eigenvalue weighted by molar-refractivity contribution is 0.416. The lowest BCUT2D eigenvalue weighted by atomic mass is 10.1. The molecule has 1 aromatic carbocycles. The Hall–Kier alpha value is -1.17. The molecule has 0 unspecified atom stereocenters. The van der Waals surface area contributed by atoms with Crippen LogP contribution in [-0.4, -0.2) is 17.1 Å². The van der Waals surface area contributed by atoms with Gasteiger partial charge >= 0.3 is 0 Å². The molecule has 0 N–H and O–H groups in total. The van der Waals surface area contributed by atoms with Gasteiger partial charge in [0, 0.05) is 16.0 Å². The van der Waals surface area contributed by atoms with Crippen LogP contribution in [0, 0.1) is 0 Å². The zero-order valence-electron chi connectivity index (χ0n) is 9.85. The van der Waals surface area contributed by atoms with E-state index in [4.69, 9.17) is 16.3 Å². The van der Waals surface area contributed by atoms with E-state index in [1.807, 2.05) is 17.5 Å². The number of ether oxygens (including phenoxy) is 1. The molecule has 0 bridgehead atoms.